The molecule has 0 unspecified atom stereocenters. The van der Waals surface area contributed by atoms with Gasteiger partial charge in [0.25, 0.3) is 5.91 Å². The van der Waals surface area contributed by atoms with Crippen LogP contribution in [0.3, 0.4) is 0 Å². The van der Waals surface area contributed by atoms with Crippen LogP contribution >= 0.6 is 0 Å². The van der Waals surface area contributed by atoms with E-state index in [4.69, 9.17) is 4.74 Å². The van der Waals surface area contributed by atoms with Crippen molar-refractivity contribution < 1.29 is 27.4 Å². The van der Waals surface area contributed by atoms with Crippen molar-refractivity contribution in [1.29, 1.82) is 0 Å². The lowest BCUT2D eigenvalue weighted by Crippen LogP contribution is -2.17. The zero-order chi connectivity index (χ0) is 22.6. The van der Waals surface area contributed by atoms with Crippen molar-refractivity contribution in [2.75, 3.05) is 5.32 Å². The van der Waals surface area contributed by atoms with E-state index in [1.54, 1.807) is 31.2 Å². The number of benzene rings is 2. The van der Waals surface area contributed by atoms with E-state index >= 15 is 0 Å². The summed E-state index contributed by atoms with van der Waals surface area (Å²) >= 11 is 0. The van der Waals surface area contributed by atoms with E-state index in [1.165, 1.54) is 24.3 Å². The molecule has 31 heavy (non-hydrogen) atoms. The maximum atomic E-state index is 12.7. The fourth-order valence-corrected chi connectivity index (χ4v) is 2.85. The summed E-state index contributed by atoms with van der Waals surface area (Å²) in [5.74, 6) is -0.433. The molecule has 0 saturated carbocycles. The molecule has 3 aromatic rings. The summed E-state index contributed by atoms with van der Waals surface area (Å²) in [4.78, 5) is 17.1. The Hall–Kier alpha value is -3.55. The van der Waals surface area contributed by atoms with Crippen LogP contribution in [0.15, 0.2) is 60.7 Å². The molecule has 2 aromatic carbocycles. The Morgan fingerprint density at radius 2 is 1.71 bits per heavy atom. The van der Waals surface area contributed by atoms with Crippen LogP contribution in [0.2, 0.25) is 0 Å². The van der Waals surface area contributed by atoms with Crippen LogP contribution in [0.5, 0.6) is 17.2 Å². The molecule has 0 bridgehead atoms. The average molecular weight is 430 g/mol. The Kier molecular flexibility index (Phi) is 6.48. The summed E-state index contributed by atoms with van der Waals surface area (Å²) in [6.07, 6.45) is -4.84. The number of halogens is 3. The van der Waals surface area contributed by atoms with Crippen molar-refractivity contribution in [1.82, 2.24) is 4.98 Å². The van der Waals surface area contributed by atoms with Crippen molar-refractivity contribution in [3.8, 4) is 17.2 Å². The molecule has 8 heteroatoms. The lowest BCUT2D eigenvalue weighted by atomic mass is 10.1. The maximum Gasteiger partial charge on any atom is 0.573 e. The Labute approximate surface area is 177 Å². The van der Waals surface area contributed by atoms with Gasteiger partial charge < -0.3 is 14.8 Å². The molecule has 0 saturated heterocycles. The molecule has 162 valence electrons. The second-order valence-electron chi connectivity index (χ2n) is 7.10. The standard InChI is InChI=1S/C23H21F3N2O3/c1-14(2)19-12-11-18(15(3)27-19)22(29)28-16-7-6-8-17(13-16)30-20-9-4-5-10-21(20)31-23(24,25)26/h4-14H,1-3H3,(H,28,29). The number of para-hydroxylation sites is 2. The number of hydrogen-bond donors (Lipinski definition) is 1. The number of carbonyl (C=O) groups excluding carboxylic acids is 1. The minimum absolute atomic E-state index is 0.104. The normalized spacial score (nSPS) is 11.3. The number of alkyl halides is 3. The largest absolute Gasteiger partial charge is 0.573 e. The van der Waals surface area contributed by atoms with Crippen molar-refractivity contribution in [2.24, 2.45) is 0 Å². The van der Waals surface area contributed by atoms with Gasteiger partial charge in [-0.05, 0) is 49.2 Å². The molecule has 0 fully saturated rings. The minimum Gasteiger partial charge on any atom is -0.453 e. The van der Waals surface area contributed by atoms with Crippen LogP contribution in [-0.2, 0) is 0 Å². The maximum absolute atomic E-state index is 12.7. The van der Waals surface area contributed by atoms with Crippen LogP contribution in [0.25, 0.3) is 0 Å². The fraction of sp³-hybridized carbons (Fsp3) is 0.217. The lowest BCUT2D eigenvalue weighted by Gasteiger charge is -2.14. The van der Waals surface area contributed by atoms with Gasteiger partial charge in [0.05, 0.1) is 11.3 Å². The molecule has 1 heterocycles. The summed E-state index contributed by atoms with van der Waals surface area (Å²) in [6, 6.07) is 15.3. The molecular weight excluding hydrogens is 409 g/mol. The van der Waals surface area contributed by atoms with Gasteiger partial charge in [-0.1, -0.05) is 32.0 Å². The number of nitrogens with zero attached hydrogens (tertiary/aromatic N) is 1. The van der Waals surface area contributed by atoms with E-state index in [-0.39, 0.29) is 23.3 Å². The number of ether oxygens (including phenoxy) is 2. The number of rotatable bonds is 6. The lowest BCUT2D eigenvalue weighted by molar-refractivity contribution is -0.275. The number of carbonyl (C=O) groups is 1. The number of aryl methyl sites for hydroxylation is 1. The van der Waals surface area contributed by atoms with Crippen LogP contribution in [0.4, 0.5) is 18.9 Å². The van der Waals surface area contributed by atoms with Crippen molar-refractivity contribution in [3.63, 3.8) is 0 Å². The monoisotopic (exact) mass is 430 g/mol. The Morgan fingerprint density at radius 1 is 1.00 bits per heavy atom. The number of pyridine rings is 1. The molecule has 1 aromatic heterocycles. The van der Waals surface area contributed by atoms with Gasteiger partial charge in [-0.3, -0.25) is 9.78 Å². The van der Waals surface area contributed by atoms with Gasteiger partial charge in [0.1, 0.15) is 5.75 Å². The zero-order valence-corrected chi connectivity index (χ0v) is 17.2. The molecule has 3 rings (SSSR count). The molecule has 0 aliphatic carbocycles. The van der Waals surface area contributed by atoms with Crippen LogP contribution < -0.4 is 14.8 Å². The molecule has 1 amide bonds. The van der Waals surface area contributed by atoms with Crippen LogP contribution in [0, 0.1) is 6.92 Å². The summed E-state index contributed by atoms with van der Waals surface area (Å²) in [6.45, 7) is 5.80. The zero-order valence-electron chi connectivity index (χ0n) is 17.2. The Balaban J connectivity index is 1.77. The predicted molar refractivity (Wildman–Crippen MR) is 111 cm³/mol. The van der Waals surface area contributed by atoms with Crippen molar-refractivity contribution >= 4 is 11.6 Å². The van der Waals surface area contributed by atoms with Gasteiger partial charge in [0.2, 0.25) is 0 Å². The highest BCUT2D eigenvalue weighted by Crippen LogP contribution is 2.35. The molecular formula is C23H21F3N2O3. The Morgan fingerprint density at radius 3 is 2.35 bits per heavy atom. The first-order valence-electron chi connectivity index (χ1n) is 9.54. The topological polar surface area (TPSA) is 60.5 Å². The predicted octanol–water partition coefficient (Wildman–Crippen LogP) is 6.46. The third kappa shape index (κ3) is 5.97. The highest BCUT2D eigenvalue weighted by molar-refractivity contribution is 6.05. The number of nitrogens with one attached hydrogen (secondary N) is 1. The van der Waals surface area contributed by atoms with E-state index < -0.39 is 12.1 Å². The molecule has 0 atom stereocenters. The van der Waals surface area contributed by atoms with E-state index in [9.17, 15) is 18.0 Å². The number of amides is 1. The third-order valence-electron chi connectivity index (χ3n) is 4.34. The van der Waals surface area contributed by atoms with Gasteiger partial charge in [0.15, 0.2) is 11.5 Å². The van der Waals surface area contributed by atoms with Gasteiger partial charge in [-0.15, -0.1) is 13.2 Å². The summed E-state index contributed by atoms with van der Waals surface area (Å²) in [7, 11) is 0. The highest BCUT2D eigenvalue weighted by atomic mass is 19.4. The van der Waals surface area contributed by atoms with Gasteiger partial charge >= 0.3 is 6.36 Å². The quantitative estimate of drug-likeness (QED) is 0.488. The minimum atomic E-state index is -4.84. The van der Waals surface area contributed by atoms with Gasteiger partial charge in [-0.2, -0.15) is 0 Å². The summed E-state index contributed by atoms with van der Waals surface area (Å²) < 4.78 is 47.4. The molecule has 0 aliphatic heterocycles. The summed E-state index contributed by atoms with van der Waals surface area (Å²) in [5.41, 5.74) is 2.35. The highest BCUT2D eigenvalue weighted by Gasteiger charge is 2.32. The van der Waals surface area contributed by atoms with Crippen molar-refractivity contribution in [3.05, 3.63) is 77.6 Å². The molecule has 1 N–H and O–H groups in total. The van der Waals surface area contributed by atoms with Gasteiger partial charge in [-0.25, -0.2) is 0 Å². The first kappa shape index (κ1) is 22.1. The van der Waals surface area contributed by atoms with Crippen molar-refractivity contribution in [2.45, 2.75) is 33.1 Å². The first-order chi connectivity index (χ1) is 14.6. The molecule has 5 nitrogen and oxygen atoms in total. The third-order valence-corrected chi connectivity index (χ3v) is 4.34. The SMILES string of the molecule is Cc1nc(C(C)C)ccc1C(=O)Nc1cccc(Oc2ccccc2OC(F)(F)F)c1. The second-order valence-corrected chi connectivity index (χ2v) is 7.10. The van der Waals surface area contributed by atoms with E-state index in [0.29, 0.717) is 16.9 Å². The smallest absolute Gasteiger partial charge is 0.453 e. The second kappa shape index (κ2) is 9.07. The molecule has 0 aliphatic rings. The van der Waals surface area contributed by atoms with Crippen LogP contribution in [0.1, 0.15) is 41.5 Å². The number of anilines is 1. The molecule has 0 spiro atoms. The first-order valence-corrected chi connectivity index (χ1v) is 9.54. The molecule has 0 radical (unpaired) electrons. The van der Waals surface area contributed by atoms with Gasteiger partial charge in [0, 0.05) is 17.4 Å². The summed E-state index contributed by atoms with van der Waals surface area (Å²) in [5, 5.41) is 2.76. The van der Waals surface area contributed by atoms with E-state index in [0.717, 1.165) is 11.8 Å². The fourth-order valence-electron chi connectivity index (χ4n) is 2.85. The average Bonchev–Trinajstić information content (AvgIpc) is 2.68. The van der Waals surface area contributed by atoms with E-state index in [1.807, 2.05) is 19.9 Å². The Bertz CT molecular complexity index is 1080. The number of hydrogen-bond acceptors (Lipinski definition) is 4. The van der Waals surface area contributed by atoms with E-state index in [2.05, 4.69) is 15.0 Å². The number of aromatic nitrogens is 1. The van der Waals surface area contributed by atoms with Crippen LogP contribution in [-0.4, -0.2) is 17.3 Å².